The molecule has 8 aromatic carbocycles. The quantitative estimate of drug-likeness (QED) is 0.188. The monoisotopic (exact) mass is 661 g/mol. The number of hydrogen-bond donors (Lipinski definition) is 0. The predicted octanol–water partition coefficient (Wildman–Crippen LogP) is 11.9. The van der Waals surface area contributed by atoms with Crippen LogP contribution < -0.4 is 0 Å². The fourth-order valence-corrected chi connectivity index (χ4v) is 8.99. The second-order valence-electron chi connectivity index (χ2n) is 13.7. The summed E-state index contributed by atoms with van der Waals surface area (Å²) < 4.78 is 2.29. The van der Waals surface area contributed by atoms with E-state index in [1.807, 2.05) is 6.07 Å². The zero-order valence-corrected chi connectivity index (χ0v) is 28.2. The van der Waals surface area contributed by atoms with Crippen LogP contribution in [-0.4, -0.2) is 14.5 Å². The van der Waals surface area contributed by atoms with E-state index < -0.39 is 5.41 Å². The molecule has 0 amide bonds. The van der Waals surface area contributed by atoms with Crippen LogP contribution in [0.3, 0.4) is 0 Å². The van der Waals surface area contributed by atoms with Crippen molar-refractivity contribution in [2.24, 2.45) is 0 Å². The van der Waals surface area contributed by atoms with Gasteiger partial charge in [0.25, 0.3) is 0 Å². The summed E-state index contributed by atoms with van der Waals surface area (Å²) >= 11 is 0. The smallest absolute Gasteiger partial charge is 0.235 e. The van der Waals surface area contributed by atoms with Crippen LogP contribution in [0.5, 0.6) is 0 Å². The van der Waals surface area contributed by atoms with Crippen molar-refractivity contribution in [3.63, 3.8) is 0 Å². The first-order chi connectivity index (χ1) is 25.8. The number of nitrogens with zero attached hydrogens (tertiary/aromatic N) is 3. The molecule has 10 aromatic rings. The average Bonchev–Trinajstić information content (AvgIpc) is 3.73. The number of hydrogen-bond acceptors (Lipinski definition) is 2. The minimum atomic E-state index is -0.462. The molecule has 2 aromatic heterocycles. The van der Waals surface area contributed by atoms with Crippen molar-refractivity contribution in [2.75, 3.05) is 0 Å². The Balaban J connectivity index is 1.28. The minimum Gasteiger partial charge on any atom is -0.277 e. The van der Waals surface area contributed by atoms with Crippen molar-refractivity contribution in [2.45, 2.75) is 5.41 Å². The Morgan fingerprint density at radius 2 is 0.981 bits per heavy atom. The lowest BCUT2D eigenvalue weighted by Crippen LogP contribution is -2.28. The Hall–Kier alpha value is -6.84. The topological polar surface area (TPSA) is 30.7 Å². The normalized spacial score (nSPS) is 13.2. The molecule has 0 saturated carbocycles. The van der Waals surface area contributed by atoms with Crippen LogP contribution in [-0.2, 0) is 5.41 Å². The molecule has 0 bridgehead atoms. The molecular formula is C49H31N3. The molecule has 0 unspecified atom stereocenters. The maximum Gasteiger partial charge on any atom is 0.235 e. The molecule has 0 aliphatic heterocycles. The molecule has 3 nitrogen and oxygen atoms in total. The van der Waals surface area contributed by atoms with E-state index in [4.69, 9.17) is 9.97 Å². The zero-order valence-electron chi connectivity index (χ0n) is 28.2. The van der Waals surface area contributed by atoms with Gasteiger partial charge >= 0.3 is 0 Å². The van der Waals surface area contributed by atoms with Gasteiger partial charge in [0.05, 0.1) is 27.7 Å². The van der Waals surface area contributed by atoms with Crippen LogP contribution in [0.15, 0.2) is 188 Å². The first-order valence-corrected chi connectivity index (χ1v) is 17.9. The van der Waals surface area contributed by atoms with Crippen LogP contribution in [0.1, 0.15) is 22.3 Å². The third kappa shape index (κ3) is 3.91. The predicted molar refractivity (Wildman–Crippen MR) is 214 cm³/mol. The van der Waals surface area contributed by atoms with Gasteiger partial charge in [-0.3, -0.25) is 4.57 Å². The van der Waals surface area contributed by atoms with E-state index in [1.54, 1.807) is 0 Å². The largest absolute Gasteiger partial charge is 0.277 e. The van der Waals surface area contributed by atoms with E-state index in [1.165, 1.54) is 54.9 Å². The van der Waals surface area contributed by atoms with Crippen LogP contribution in [0.2, 0.25) is 0 Å². The Morgan fingerprint density at radius 3 is 1.75 bits per heavy atom. The highest BCUT2D eigenvalue weighted by Crippen LogP contribution is 2.58. The minimum absolute atomic E-state index is 0.462. The molecule has 0 fully saturated rings. The van der Waals surface area contributed by atoms with Crippen molar-refractivity contribution in [1.82, 2.24) is 14.5 Å². The molecular weight excluding hydrogens is 631 g/mol. The second-order valence-corrected chi connectivity index (χ2v) is 13.7. The molecule has 0 atom stereocenters. The summed E-state index contributed by atoms with van der Waals surface area (Å²) in [7, 11) is 0. The summed E-state index contributed by atoms with van der Waals surface area (Å²) in [6.07, 6.45) is 0. The van der Waals surface area contributed by atoms with Gasteiger partial charge in [-0.1, -0.05) is 176 Å². The number of para-hydroxylation sites is 2. The Morgan fingerprint density at radius 1 is 0.404 bits per heavy atom. The third-order valence-corrected chi connectivity index (χ3v) is 11.1. The highest BCUT2D eigenvalue weighted by Gasteiger charge is 2.46. The molecule has 52 heavy (non-hydrogen) atoms. The number of aromatic nitrogens is 3. The number of benzene rings is 8. The molecule has 0 N–H and O–H groups in total. The van der Waals surface area contributed by atoms with E-state index >= 15 is 0 Å². The molecule has 11 rings (SSSR count). The van der Waals surface area contributed by atoms with Gasteiger partial charge < -0.3 is 0 Å². The molecule has 0 spiro atoms. The second kappa shape index (κ2) is 11.1. The third-order valence-electron chi connectivity index (χ3n) is 11.1. The van der Waals surface area contributed by atoms with E-state index in [2.05, 4.69) is 187 Å². The first-order valence-electron chi connectivity index (χ1n) is 17.9. The summed E-state index contributed by atoms with van der Waals surface area (Å²) in [6.45, 7) is 0. The Bertz CT molecular complexity index is 2960. The Kier molecular flexibility index (Phi) is 6.17. The summed E-state index contributed by atoms with van der Waals surface area (Å²) in [5.41, 5.74) is 12.3. The van der Waals surface area contributed by atoms with Gasteiger partial charge in [-0.05, 0) is 50.9 Å². The van der Waals surface area contributed by atoms with Crippen LogP contribution in [0, 0.1) is 0 Å². The van der Waals surface area contributed by atoms with E-state index in [0.29, 0.717) is 5.95 Å². The number of fused-ring (bicyclic) bond motifs is 10. The van der Waals surface area contributed by atoms with Crippen molar-refractivity contribution in [3.05, 3.63) is 210 Å². The van der Waals surface area contributed by atoms with Crippen LogP contribution in [0.25, 0.3) is 71.8 Å². The standard InChI is InChI=1S/C49H31N3/c1-4-16-32(17-5-1)46-40-24-11-14-26-43(40)50-48(51-46)52-44-27-15-12-22-35(44)37-29-28-36-38(47(37)52)30-31-42-45(36)39-23-10-13-25-41(39)49(42,33-18-6-2-7-19-33)34-20-8-3-9-21-34/h1-31H. The fraction of sp³-hybridized carbons (Fsp3) is 0.0204. The highest BCUT2D eigenvalue weighted by molar-refractivity contribution is 6.21. The van der Waals surface area contributed by atoms with Crippen LogP contribution >= 0.6 is 0 Å². The van der Waals surface area contributed by atoms with Crippen molar-refractivity contribution < 1.29 is 0 Å². The van der Waals surface area contributed by atoms with Gasteiger partial charge in [0.15, 0.2) is 0 Å². The van der Waals surface area contributed by atoms with Gasteiger partial charge in [-0.15, -0.1) is 0 Å². The lowest BCUT2D eigenvalue weighted by molar-refractivity contribution is 0.769. The van der Waals surface area contributed by atoms with E-state index in [-0.39, 0.29) is 0 Å². The van der Waals surface area contributed by atoms with Gasteiger partial charge in [-0.25, -0.2) is 9.97 Å². The van der Waals surface area contributed by atoms with Gasteiger partial charge in [0.1, 0.15) is 0 Å². The Labute approximate surface area is 301 Å². The summed E-state index contributed by atoms with van der Waals surface area (Å²) in [5, 5.41) is 5.80. The maximum atomic E-state index is 5.38. The van der Waals surface area contributed by atoms with E-state index in [0.717, 1.165) is 33.2 Å². The zero-order chi connectivity index (χ0) is 34.2. The van der Waals surface area contributed by atoms with Gasteiger partial charge in [0, 0.05) is 27.1 Å². The highest BCUT2D eigenvalue weighted by atomic mass is 15.2. The molecule has 0 saturated heterocycles. The van der Waals surface area contributed by atoms with Crippen molar-refractivity contribution in [1.29, 1.82) is 0 Å². The maximum absolute atomic E-state index is 5.38. The lowest BCUT2D eigenvalue weighted by atomic mass is 9.67. The molecule has 1 aliphatic carbocycles. The summed E-state index contributed by atoms with van der Waals surface area (Å²) in [5.74, 6) is 0.667. The molecule has 2 heterocycles. The van der Waals surface area contributed by atoms with Crippen LogP contribution in [0.4, 0.5) is 0 Å². The van der Waals surface area contributed by atoms with Gasteiger partial charge in [0.2, 0.25) is 5.95 Å². The summed E-state index contributed by atoms with van der Waals surface area (Å²) in [6, 6.07) is 67.8. The van der Waals surface area contributed by atoms with Gasteiger partial charge in [-0.2, -0.15) is 0 Å². The van der Waals surface area contributed by atoms with E-state index in [9.17, 15) is 0 Å². The lowest BCUT2D eigenvalue weighted by Gasteiger charge is -2.34. The van der Waals surface area contributed by atoms with Crippen molar-refractivity contribution in [3.8, 4) is 28.3 Å². The summed E-state index contributed by atoms with van der Waals surface area (Å²) in [4.78, 5) is 10.7. The SMILES string of the molecule is c1ccc(-c2nc(-n3c4ccccc4c4ccc5c6c(ccc5c43)C(c3ccccc3)(c3ccccc3)c3ccccc3-6)nc3ccccc23)cc1. The molecule has 3 heteroatoms. The molecule has 1 aliphatic rings. The fourth-order valence-electron chi connectivity index (χ4n) is 8.99. The molecule has 242 valence electrons. The first kappa shape index (κ1) is 28.9. The van der Waals surface area contributed by atoms with Crippen molar-refractivity contribution >= 4 is 43.5 Å². The average molecular weight is 662 g/mol. The number of rotatable bonds is 4. The molecule has 0 radical (unpaired) electrons.